The Kier molecular flexibility index (Phi) is 3.87. The van der Waals surface area contributed by atoms with Gasteiger partial charge in [0.2, 0.25) is 0 Å². The summed E-state index contributed by atoms with van der Waals surface area (Å²) in [5.41, 5.74) is -1.62. The number of esters is 2. The summed E-state index contributed by atoms with van der Waals surface area (Å²) in [5.74, 6) is -3.69. The minimum atomic E-state index is -0.908. The third-order valence-electron chi connectivity index (χ3n) is 7.36. The van der Waals surface area contributed by atoms with Gasteiger partial charge in [-0.05, 0) is 13.8 Å². The molecule has 3 heterocycles. The lowest BCUT2D eigenvalue weighted by molar-refractivity contribution is -0.338. The van der Waals surface area contributed by atoms with Crippen LogP contribution in [0.3, 0.4) is 0 Å². The first kappa shape index (κ1) is 18.9. The van der Waals surface area contributed by atoms with Crippen LogP contribution in [0.4, 0.5) is 4.79 Å². The first-order valence-corrected chi connectivity index (χ1v) is 9.81. The maximum atomic E-state index is 12.8. The molecule has 0 unspecified atom stereocenters. The van der Waals surface area contributed by atoms with Crippen molar-refractivity contribution in [1.29, 1.82) is 0 Å². The molecule has 3 saturated heterocycles. The first-order valence-electron chi connectivity index (χ1n) is 9.81. The molecule has 3 aliphatic heterocycles. The van der Waals surface area contributed by atoms with Crippen molar-refractivity contribution in [1.82, 2.24) is 0 Å². The minimum absolute atomic E-state index is 0.0504. The van der Waals surface area contributed by atoms with E-state index in [-0.39, 0.29) is 25.7 Å². The lowest BCUT2D eigenvalue weighted by atomic mass is 9.46. The lowest BCUT2D eigenvalue weighted by Crippen LogP contribution is -2.71. The van der Waals surface area contributed by atoms with E-state index in [9.17, 15) is 14.4 Å². The number of methoxy groups -OCH3 is 1. The summed E-state index contributed by atoms with van der Waals surface area (Å²) < 4.78 is 33.5. The number of rotatable bonds is 1. The van der Waals surface area contributed by atoms with E-state index >= 15 is 0 Å². The van der Waals surface area contributed by atoms with Gasteiger partial charge in [0.05, 0.1) is 43.0 Å². The molecule has 6 atom stereocenters. The van der Waals surface area contributed by atoms with Gasteiger partial charge in [0.15, 0.2) is 5.79 Å². The SMILES string of the molecule is COC(=O)[C@H]1C=C[C@H]2C3(COC(C)(C)OC3)[C@H]3C[C@H](OC(=O)O3)[C@@]23COC(=O)[C@@H]13. The van der Waals surface area contributed by atoms with Gasteiger partial charge in [-0.15, -0.1) is 0 Å². The first-order chi connectivity index (χ1) is 13.7. The van der Waals surface area contributed by atoms with Crippen LogP contribution in [-0.2, 0) is 38.0 Å². The molecule has 5 rings (SSSR count). The van der Waals surface area contributed by atoms with Crippen molar-refractivity contribution >= 4 is 18.1 Å². The molecular weight excluding hydrogens is 384 g/mol. The van der Waals surface area contributed by atoms with Crippen LogP contribution in [0.15, 0.2) is 12.2 Å². The van der Waals surface area contributed by atoms with Crippen LogP contribution in [-0.4, -0.2) is 63.0 Å². The number of hydrogen-bond acceptors (Lipinski definition) is 9. The molecule has 9 nitrogen and oxygen atoms in total. The average molecular weight is 408 g/mol. The standard InChI is InChI=1S/C20H24O9/c1-18(2)26-7-19(8-27-18)11-5-4-10(15(21)24-3)14-16(22)25-9-20(11,14)13-6-12(19)28-17(23)29-13/h4-5,10-14H,6-9H2,1-3H3/t10-,11-,12+,13-,14+,20+/m0/s1. The average Bonchev–Trinajstić information content (AvgIpc) is 3.05. The zero-order chi connectivity index (χ0) is 20.6. The largest absolute Gasteiger partial charge is 0.508 e. The number of carbonyl (C=O) groups excluding carboxylic acids is 3. The monoisotopic (exact) mass is 408 g/mol. The maximum Gasteiger partial charge on any atom is 0.508 e. The number of allylic oxidation sites excluding steroid dienone is 1. The van der Waals surface area contributed by atoms with Crippen LogP contribution < -0.4 is 0 Å². The summed E-state index contributed by atoms with van der Waals surface area (Å²) in [6, 6.07) is 0. The summed E-state index contributed by atoms with van der Waals surface area (Å²) >= 11 is 0. The molecule has 0 aromatic carbocycles. The molecule has 2 aliphatic carbocycles. The van der Waals surface area contributed by atoms with Gasteiger partial charge in [0, 0.05) is 12.3 Å². The van der Waals surface area contributed by atoms with Crippen molar-refractivity contribution < 1.29 is 42.8 Å². The molecule has 4 fully saturated rings. The lowest BCUT2D eigenvalue weighted by Gasteiger charge is -2.62. The van der Waals surface area contributed by atoms with Crippen LogP contribution in [0, 0.1) is 28.6 Å². The van der Waals surface area contributed by atoms with Crippen LogP contribution in [0.25, 0.3) is 0 Å². The van der Waals surface area contributed by atoms with E-state index in [1.165, 1.54) is 7.11 Å². The second-order valence-corrected chi connectivity index (χ2v) is 9.02. The molecule has 0 aromatic heterocycles. The van der Waals surface area contributed by atoms with Crippen LogP contribution in [0.1, 0.15) is 20.3 Å². The predicted molar refractivity (Wildman–Crippen MR) is 93.2 cm³/mol. The smallest absolute Gasteiger partial charge is 0.469 e. The second-order valence-electron chi connectivity index (χ2n) is 9.02. The Hall–Kier alpha value is -2.13. The zero-order valence-electron chi connectivity index (χ0n) is 16.5. The second kappa shape index (κ2) is 5.95. The van der Waals surface area contributed by atoms with Gasteiger partial charge in [0.25, 0.3) is 0 Å². The Balaban J connectivity index is 1.66. The molecule has 2 bridgehead atoms. The normalized spacial score (nSPS) is 43.5. The predicted octanol–water partition coefficient (Wildman–Crippen LogP) is 1.20. The highest BCUT2D eigenvalue weighted by atomic mass is 16.7. The van der Waals surface area contributed by atoms with Gasteiger partial charge in [-0.2, -0.15) is 0 Å². The van der Waals surface area contributed by atoms with Crippen molar-refractivity contribution in [3.8, 4) is 0 Å². The molecule has 0 aromatic rings. The van der Waals surface area contributed by atoms with E-state index in [2.05, 4.69) is 0 Å². The Morgan fingerprint density at radius 2 is 1.76 bits per heavy atom. The summed E-state index contributed by atoms with van der Waals surface area (Å²) in [6.45, 7) is 4.27. The fraction of sp³-hybridized carbons (Fsp3) is 0.750. The van der Waals surface area contributed by atoms with Crippen LogP contribution in [0.5, 0.6) is 0 Å². The zero-order valence-corrected chi connectivity index (χ0v) is 16.5. The van der Waals surface area contributed by atoms with E-state index in [0.29, 0.717) is 6.42 Å². The summed E-state index contributed by atoms with van der Waals surface area (Å²) in [6.07, 6.45) is 2.10. The maximum absolute atomic E-state index is 12.8. The van der Waals surface area contributed by atoms with Gasteiger partial charge in [-0.3, -0.25) is 9.59 Å². The highest BCUT2D eigenvalue weighted by molar-refractivity contribution is 5.86. The number of hydrogen-bond donors (Lipinski definition) is 0. The van der Waals surface area contributed by atoms with E-state index in [0.717, 1.165) is 0 Å². The van der Waals surface area contributed by atoms with Gasteiger partial charge >= 0.3 is 18.1 Å². The Labute approximate surface area is 167 Å². The molecule has 9 heteroatoms. The molecule has 29 heavy (non-hydrogen) atoms. The van der Waals surface area contributed by atoms with E-state index < -0.39 is 58.8 Å². The Bertz CT molecular complexity index is 792. The third kappa shape index (κ3) is 2.37. The topological polar surface area (TPSA) is 107 Å². The molecule has 0 amide bonds. The van der Waals surface area contributed by atoms with E-state index in [4.69, 9.17) is 28.4 Å². The van der Waals surface area contributed by atoms with Crippen molar-refractivity contribution in [2.45, 2.75) is 38.3 Å². The van der Waals surface area contributed by atoms with E-state index in [1.54, 1.807) is 6.08 Å². The molecule has 0 radical (unpaired) electrons. The third-order valence-corrected chi connectivity index (χ3v) is 7.36. The van der Waals surface area contributed by atoms with Crippen LogP contribution in [0.2, 0.25) is 0 Å². The molecular formula is C20H24O9. The summed E-state index contributed by atoms with van der Waals surface area (Å²) in [7, 11) is 1.28. The highest BCUT2D eigenvalue weighted by Crippen LogP contribution is 2.65. The fourth-order valence-electron chi connectivity index (χ4n) is 5.95. The number of cyclic esters (lactones) is 1. The van der Waals surface area contributed by atoms with Gasteiger partial charge in [-0.1, -0.05) is 12.2 Å². The van der Waals surface area contributed by atoms with Crippen molar-refractivity contribution in [2.24, 2.45) is 28.6 Å². The van der Waals surface area contributed by atoms with Gasteiger partial charge < -0.3 is 28.4 Å². The molecule has 5 aliphatic rings. The number of ether oxygens (including phenoxy) is 6. The van der Waals surface area contributed by atoms with Crippen molar-refractivity contribution in [3.05, 3.63) is 12.2 Å². The summed E-state index contributed by atoms with van der Waals surface area (Å²) in [4.78, 5) is 37.5. The fourth-order valence-corrected chi connectivity index (χ4v) is 5.95. The summed E-state index contributed by atoms with van der Waals surface area (Å²) in [5, 5.41) is 0. The number of fused-ring (bicyclic) bond motifs is 4. The van der Waals surface area contributed by atoms with Gasteiger partial charge in [-0.25, -0.2) is 4.79 Å². The molecule has 2 spiro atoms. The quantitative estimate of drug-likeness (QED) is 0.359. The Morgan fingerprint density at radius 1 is 1.07 bits per heavy atom. The number of carbonyl (C=O) groups is 3. The minimum Gasteiger partial charge on any atom is -0.469 e. The molecule has 0 N–H and O–H groups in total. The van der Waals surface area contributed by atoms with Gasteiger partial charge in [0.1, 0.15) is 18.8 Å². The molecule has 1 saturated carbocycles. The van der Waals surface area contributed by atoms with Crippen molar-refractivity contribution in [2.75, 3.05) is 26.9 Å². The Morgan fingerprint density at radius 3 is 2.45 bits per heavy atom. The van der Waals surface area contributed by atoms with Crippen LogP contribution >= 0.6 is 0 Å². The molecule has 158 valence electrons. The van der Waals surface area contributed by atoms with Crippen molar-refractivity contribution in [3.63, 3.8) is 0 Å². The van der Waals surface area contributed by atoms with E-state index in [1.807, 2.05) is 19.9 Å². The highest BCUT2D eigenvalue weighted by Gasteiger charge is 2.75.